The van der Waals surface area contributed by atoms with Crippen molar-refractivity contribution in [3.8, 4) is 5.75 Å². The Hall–Kier alpha value is -2.82. The molecule has 1 aliphatic carbocycles. The Morgan fingerprint density at radius 2 is 1.79 bits per heavy atom. The minimum absolute atomic E-state index is 0.102. The topological polar surface area (TPSA) is 67.4 Å². The molecule has 0 heterocycles. The lowest BCUT2D eigenvalue weighted by Gasteiger charge is -2.11. The van der Waals surface area contributed by atoms with Crippen LogP contribution < -0.4 is 15.4 Å². The van der Waals surface area contributed by atoms with Gasteiger partial charge in [-0.2, -0.15) is 0 Å². The number of rotatable bonds is 5. The van der Waals surface area contributed by atoms with E-state index in [9.17, 15) is 9.59 Å². The molecule has 124 valence electrons. The van der Waals surface area contributed by atoms with Gasteiger partial charge in [0.15, 0.2) is 0 Å². The van der Waals surface area contributed by atoms with Gasteiger partial charge in [-0.1, -0.05) is 12.1 Å². The smallest absolute Gasteiger partial charge is 0.255 e. The lowest BCUT2D eigenvalue weighted by molar-refractivity contribution is 0.0949. The van der Waals surface area contributed by atoms with Gasteiger partial charge in [0.05, 0.1) is 7.11 Å². The van der Waals surface area contributed by atoms with E-state index in [1.165, 1.54) is 0 Å². The SMILES string of the molecule is COc1cccc(C(=O)Nc2cc(C(=O)NC3CC3)ccc2C)c1. The Balaban J connectivity index is 1.77. The van der Waals surface area contributed by atoms with Gasteiger partial charge in [-0.25, -0.2) is 0 Å². The molecule has 0 unspecified atom stereocenters. The van der Waals surface area contributed by atoms with E-state index in [0.717, 1.165) is 18.4 Å². The molecule has 0 aliphatic heterocycles. The van der Waals surface area contributed by atoms with Crippen LogP contribution in [0.1, 0.15) is 39.1 Å². The third kappa shape index (κ3) is 3.74. The van der Waals surface area contributed by atoms with Gasteiger partial charge in [0, 0.05) is 22.9 Å². The highest BCUT2D eigenvalue weighted by Gasteiger charge is 2.24. The third-order valence-electron chi connectivity index (χ3n) is 3.99. The lowest BCUT2D eigenvalue weighted by atomic mass is 10.1. The van der Waals surface area contributed by atoms with Crippen LogP contribution in [-0.2, 0) is 0 Å². The highest BCUT2D eigenvalue weighted by molar-refractivity contribution is 6.05. The average Bonchev–Trinajstić information content (AvgIpc) is 3.40. The summed E-state index contributed by atoms with van der Waals surface area (Å²) in [5, 5.41) is 5.82. The maximum absolute atomic E-state index is 12.4. The van der Waals surface area contributed by atoms with Gasteiger partial charge < -0.3 is 15.4 Å². The molecule has 3 rings (SSSR count). The molecule has 0 saturated heterocycles. The first kappa shape index (κ1) is 16.1. The fourth-order valence-electron chi connectivity index (χ4n) is 2.35. The zero-order chi connectivity index (χ0) is 17.1. The lowest BCUT2D eigenvalue weighted by Crippen LogP contribution is -2.25. The maximum atomic E-state index is 12.4. The monoisotopic (exact) mass is 324 g/mol. The van der Waals surface area contributed by atoms with Crippen molar-refractivity contribution in [3.05, 3.63) is 59.2 Å². The second-order valence-corrected chi connectivity index (χ2v) is 5.96. The van der Waals surface area contributed by atoms with E-state index in [-0.39, 0.29) is 11.8 Å². The van der Waals surface area contributed by atoms with Crippen LogP contribution in [0.3, 0.4) is 0 Å². The van der Waals surface area contributed by atoms with Crippen LogP contribution in [0.25, 0.3) is 0 Å². The van der Waals surface area contributed by atoms with Gasteiger partial charge in [-0.05, 0) is 55.7 Å². The summed E-state index contributed by atoms with van der Waals surface area (Å²) in [5.41, 5.74) is 2.58. The number of carbonyl (C=O) groups is 2. The van der Waals surface area contributed by atoms with E-state index in [1.54, 1.807) is 43.5 Å². The van der Waals surface area contributed by atoms with Gasteiger partial charge in [0.2, 0.25) is 0 Å². The normalized spacial score (nSPS) is 13.2. The molecule has 2 amide bonds. The van der Waals surface area contributed by atoms with E-state index in [4.69, 9.17) is 4.74 Å². The molecule has 1 fully saturated rings. The molecule has 2 aromatic carbocycles. The number of hydrogen-bond donors (Lipinski definition) is 2. The number of anilines is 1. The molecule has 1 aliphatic rings. The third-order valence-corrected chi connectivity index (χ3v) is 3.99. The summed E-state index contributed by atoms with van der Waals surface area (Å²) >= 11 is 0. The van der Waals surface area contributed by atoms with Crippen molar-refractivity contribution >= 4 is 17.5 Å². The molecular weight excluding hydrogens is 304 g/mol. The highest BCUT2D eigenvalue weighted by atomic mass is 16.5. The van der Waals surface area contributed by atoms with Crippen LogP contribution in [0.15, 0.2) is 42.5 Å². The van der Waals surface area contributed by atoms with Crippen LogP contribution >= 0.6 is 0 Å². The fourth-order valence-corrected chi connectivity index (χ4v) is 2.35. The molecule has 5 nitrogen and oxygen atoms in total. The number of hydrogen-bond acceptors (Lipinski definition) is 3. The summed E-state index contributed by atoms with van der Waals surface area (Å²) in [6, 6.07) is 12.6. The first-order valence-electron chi connectivity index (χ1n) is 7.94. The zero-order valence-corrected chi connectivity index (χ0v) is 13.8. The van der Waals surface area contributed by atoms with Crippen molar-refractivity contribution in [2.45, 2.75) is 25.8 Å². The van der Waals surface area contributed by atoms with E-state index in [2.05, 4.69) is 10.6 Å². The molecule has 5 heteroatoms. The second-order valence-electron chi connectivity index (χ2n) is 5.96. The number of benzene rings is 2. The van der Waals surface area contributed by atoms with E-state index in [1.807, 2.05) is 13.0 Å². The zero-order valence-electron chi connectivity index (χ0n) is 13.8. The Morgan fingerprint density at radius 1 is 1.04 bits per heavy atom. The summed E-state index contributed by atoms with van der Waals surface area (Å²) in [4.78, 5) is 24.6. The summed E-state index contributed by atoms with van der Waals surface area (Å²) in [6.07, 6.45) is 2.08. The number of nitrogens with one attached hydrogen (secondary N) is 2. The number of ether oxygens (including phenoxy) is 1. The standard InChI is InChI=1S/C19H20N2O3/c1-12-6-7-14(18(22)20-15-8-9-15)11-17(12)21-19(23)13-4-3-5-16(10-13)24-2/h3-7,10-11,15H,8-9H2,1-2H3,(H,20,22)(H,21,23). The van der Waals surface area contributed by atoms with Crippen molar-refractivity contribution in [1.29, 1.82) is 0 Å². The molecule has 0 atom stereocenters. The first-order valence-corrected chi connectivity index (χ1v) is 7.94. The van der Waals surface area contributed by atoms with Crippen molar-refractivity contribution in [2.75, 3.05) is 12.4 Å². The number of carbonyl (C=O) groups excluding carboxylic acids is 2. The Kier molecular flexibility index (Phi) is 4.51. The fraction of sp³-hybridized carbons (Fsp3) is 0.263. The van der Waals surface area contributed by atoms with Gasteiger partial charge in [0.1, 0.15) is 5.75 Å². The molecule has 2 N–H and O–H groups in total. The van der Waals surface area contributed by atoms with Crippen LogP contribution in [-0.4, -0.2) is 25.0 Å². The van der Waals surface area contributed by atoms with Crippen molar-refractivity contribution in [1.82, 2.24) is 5.32 Å². The molecule has 0 radical (unpaired) electrons. The summed E-state index contributed by atoms with van der Waals surface area (Å²) in [7, 11) is 1.56. The molecule has 0 bridgehead atoms. The van der Waals surface area contributed by atoms with Crippen LogP contribution in [0.5, 0.6) is 5.75 Å². The Bertz CT molecular complexity index is 782. The van der Waals surface area contributed by atoms with Crippen LogP contribution in [0, 0.1) is 6.92 Å². The number of amides is 2. The minimum Gasteiger partial charge on any atom is -0.497 e. The van der Waals surface area contributed by atoms with Gasteiger partial charge >= 0.3 is 0 Å². The summed E-state index contributed by atoms with van der Waals surface area (Å²) in [6.45, 7) is 1.89. The molecule has 0 aromatic heterocycles. The summed E-state index contributed by atoms with van der Waals surface area (Å²) < 4.78 is 5.14. The molecule has 2 aromatic rings. The quantitative estimate of drug-likeness (QED) is 0.888. The second kappa shape index (κ2) is 6.74. The van der Waals surface area contributed by atoms with Gasteiger partial charge in [-0.3, -0.25) is 9.59 Å². The van der Waals surface area contributed by atoms with Crippen LogP contribution in [0.2, 0.25) is 0 Å². The summed E-state index contributed by atoms with van der Waals surface area (Å²) in [5.74, 6) is 0.281. The van der Waals surface area contributed by atoms with E-state index < -0.39 is 0 Å². The Labute approximate surface area is 141 Å². The molecule has 0 spiro atoms. The van der Waals surface area contributed by atoms with Crippen molar-refractivity contribution in [3.63, 3.8) is 0 Å². The van der Waals surface area contributed by atoms with Crippen molar-refractivity contribution in [2.24, 2.45) is 0 Å². The predicted octanol–water partition coefficient (Wildman–Crippen LogP) is 3.15. The number of aryl methyl sites for hydroxylation is 1. The molecular formula is C19H20N2O3. The van der Waals surface area contributed by atoms with E-state index >= 15 is 0 Å². The first-order chi connectivity index (χ1) is 11.6. The number of methoxy groups -OCH3 is 1. The van der Waals surface area contributed by atoms with Crippen molar-refractivity contribution < 1.29 is 14.3 Å². The van der Waals surface area contributed by atoms with E-state index in [0.29, 0.717) is 28.6 Å². The predicted molar refractivity (Wildman–Crippen MR) is 92.6 cm³/mol. The maximum Gasteiger partial charge on any atom is 0.255 e. The largest absolute Gasteiger partial charge is 0.497 e. The molecule has 24 heavy (non-hydrogen) atoms. The van der Waals surface area contributed by atoms with Crippen LogP contribution in [0.4, 0.5) is 5.69 Å². The minimum atomic E-state index is -0.239. The Morgan fingerprint density at radius 3 is 2.50 bits per heavy atom. The van der Waals surface area contributed by atoms with Gasteiger partial charge in [-0.15, -0.1) is 0 Å². The highest BCUT2D eigenvalue weighted by Crippen LogP contribution is 2.22. The van der Waals surface area contributed by atoms with Gasteiger partial charge in [0.25, 0.3) is 11.8 Å². The molecule has 1 saturated carbocycles. The average molecular weight is 324 g/mol.